The Labute approximate surface area is 147 Å². The molecule has 2 N–H and O–H groups in total. The summed E-state index contributed by atoms with van der Waals surface area (Å²) >= 11 is 0. The van der Waals surface area contributed by atoms with Crippen LogP contribution in [0.4, 0.5) is 5.69 Å². The highest BCUT2D eigenvalue weighted by Crippen LogP contribution is 2.31. The van der Waals surface area contributed by atoms with Gasteiger partial charge in [0.1, 0.15) is 0 Å². The SMILES string of the molecule is CCn1c2ccccc2c2cc(NC(=O)CC3CNCCO3)ccc21. The highest BCUT2D eigenvalue weighted by atomic mass is 16.5. The summed E-state index contributed by atoms with van der Waals surface area (Å²) in [6, 6.07) is 14.5. The first-order chi connectivity index (χ1) is 12.3. The third kappa shape index (κ3) is 3.13. The average molecular weight is 337 g/mol. The Kier molecular flexibility index (Phi) is 4.42. The predicted octanol–water partition coefficient (Wildman–Crippen LogP) is 3.13. The zero-order valence-corrected chi connectivity index (χ0v) is 14.4. The zero-order chi connectivity index (χ0) is 17.2. The van der Waals surface area contributed by atoms with Gasteiger partial charge in [-0.2, -0.15) is 0 Å². The number of carbonyl (C=O) groups is 1. The van der Waals surface area contributed by atoms with Crippen LogP contribution in [-0.2, 0) is 16.1 Å². The second-order valence-electron chi connectivity index (χ2n) is 6.44. The second-order valence-corrected chi connectivity index (χ2v) is 6.44. The molecule has 1 aliphatic rings. The normalized spacial score (nSPS) is 17.9. The Morgan fingerprint density at radius 1 is 1.24 bits per heavy atom. The molecule has 1 amide bonds. The summed E-state index contributed by atoms with van der Waals surface area (Å²) in [5.41, 5.74) is 3.26. The number of hydrogen-bond acceptors (Lipinski definition) is 3. The van der Waals surface area contributed by atoms with Gasteiger partial charge in [0.25, 0.3) is 0 Å². The number of aromatic nitrogens is 1. The number of anilines is 1. The first kappa shape index (κ1) is 16.1. The summed E-state index contributed by atoms with van der Waals surface area (Å²) in [5.74, 6) is -0.00715. The van der Waals surface area contributed by atoms with Crippen LogP contribution in [-0.4, -0.2) is 36.3 Å². The van der Waals surface area contributed by atoms with Gasteiger partial charge in [0.15, 0.2) is 0 Å². The van der Waals surface area contributed by atoms with E-state index in [-0.39, 0.29) is 12.0 Å². The van der Waals surface area contributed by atoms with Crippen molar-refractivity contribution < 1.29 is 9.53 Å². The first-order valence-corrected chi connectivity index (χ1v) is 8.89. The van der Waals surface area contributed by atoms with Crippen LogP contribution in [0.1, 0.15) is 13.3 Å². The van der Waals surface area contributed by atoms with Gasteiger partial charge in [-0.05, 0) is 31.2 Å². The molecule has 0 spiro atoms. The molecule has 2 aromatic carbocycles. The van der Waals surface area contributed by atoms with Gasteiger partial charge in [-0.3, -0.25) is 4.79 Å². The number of amides is 1. The van der Waals surface area contributed by atoms with Crippen LogP contribution in [0.2, 0.25) is 0 Å². The van der Waals surface area contributed by atoms with Gasteiger partial charge in [-0.15, -0.1) is 0 Å². The molecule has 5 nitrogen and oxygen atoms in total. The van der Waals surface area contributed by atoms with Crippen molar-refractivity contribution in [2.24, 2.45) is 0 Å². The second kappa shape index (κ2) is 6.86. The monoisotopic (exact) mass is 337 g/mol. The van der Waals surface area contributed by atoms with E-state index in [1.807, 2.05) is 6.07 Å². The minimum Gasteiger partial charge on any atom is -0.375 e. The molecular formula is C20H23N3O2. The lowest BCUT2D eigenvalue weighted by molar-refractivity contribution is -0.119. The molecule has 1 aliphatic heterocycles. The van der Waals surface area contributed by atoms with Crippen molar-refractivity contribution in [3.05, 3.63) is 42.5 Å². The van der Waals surface area contributed by atoms with E-state index in [1.54, 1.807) is 0 Å². The Bertz CT molecular complexity index is 910. The number of aryl methyl sites for hydroxylation is 1. The highest BCUT2D eigenvalue weighted by Gasteiger charge is 2.18. The molecule has 2 heterocycles. The average Bonchev–Trinajstić information content (AvgIpc) is 2.95. The number of carbonyl (C=O) groups excluding carboxylic acids is 1. The number of ether oxygens (including phenoxy) is 1. The van der Waals surface area contributed by atoms with E-state index in [0.29, 0.717) is 13.0 Å². The molecule has 0 aliphatic carbocycles. The summed E-state index contributed by atoms with van der Waals surface area (Å²) in [5, 5.41) is 8.66. The van der Waals surface area contributed by atoms with E-state index in [9.17, 15) is 4.79 Å². The Hall–Kier alpha value is -2.37. The van der Waals surface area contributed by atoms with Crippen molar-refractivity contribution in [1.29, 1.82) is 0 Å². The van der Waals surface area contributed by atoms with Gasteiger partial charge in [0.2, 0.25) is 5.91 Å². The molecule has 0 bridgehead atoms. The van der Waals surface area contributed by atoms with Crippen molar-refractivity contribution in [2.75, 3.05) is 25.0 Å². The molecule has 1 unspecified atom stereocenters. The maximum atomic E-state index is 12.3. The van der Waals surface area contributed by atoms with Crippen LogP contribution in [0.5, 0.6) is 0 Å². The first-order valence-electron chi connectivity index (χ1n) is 8.89. The third-order valence-electron chi connectivity index (χ3n) is 4.79. The number of hydrogen-bond donors (Lipinski definition) is 2. The van der Waals surface area contributed by atoms with Crippen LogP contribution in [0, 0.1) is 0 Å². The summed E-state index contributed by atoms with van der Waals surface area (Å²) in [6.07, 6.45) is 0.335. The van der Waals surface area contributed by atoms with Crippen molar-refractivity contribution in [1.82, 2.24) is 9.88 Å². The fraction of sp³-hybridized carbons (Fsp3) is 0.350. The summed E-state index contributed by atoms with van der Waals surface area (Å²) in [6.45, 7) is 5.33. The Morgan fingerprint density at radius 2 is 2.08 bits per heavy atom. The van der Waals surface area contributed by atoms with Crippen molar-refractivity contribution >= 4 is 33.4 Å². The predicted molar refractivity (Wildman–Crippen MR) is 101 cm³/mol. The van der Waals surface area contributed by atoms with E-state index in [2.05, 4.69) is 58.5 Å². The number of fused-ring (bicyclic) bond motifs is 3. The molecule has 4 rings (SSSR count). The standard InChI is InChI=1S/C20H23N3O2/c1-2-23-18-6-4-3-5-16(18)17-11-14(7-8-19(17)23)22-20(24)12-15-13-21-9-10-25-15/h3-8,11,15,21H,2,9-10,12-13H2,1H3,(H,22,24). The van der Waals surface area contributed by atoms with E-state index in [1.165, 1.54) is 21.8 Å². The Morgan fingerprint density at radius 3 is 2.88 bits per heavy atom. The van der Waals surface area contributed by atoms with Crippen LogP contribution >= 0.6 is 0 Å². The number of rotatable bonds is 4. The molecule has 130 valence electrons. The quantitative estimate of drug-likeness (QED) is 0.769. The van der Waals surface area contributed by atoms with E-state index in [0.717, 1.165) is 25.3 Å². The molecule has 1 fully saturated rings. The van der Waals surface area contributed by atoms with Crippen LogP contribution in [0.3, 0.4) is 0 Å². The zero-order valence-electron chi connectivity index (χ0n) is 14.4. The van der Waals surface area contributed by atoms with Crippen LogP contribution in [0.15, 0.2) is 42.5 Å². The van der Waals surface area contributed by atoms with Gasteiger partial charge < -0.3 is 19.9 Å². The maximum absolute atomic E-state index is 12.3. The molecule has 1 saturated heterocycles. The molecule has 1 atom stereocenters. The van der Waals surface area contributed by atoms with E-state index < -0.39 is 0 Å². The fourth-order valence-corrected chi connectivity index (χ4v) is 3.64. The van der Waals surface area contributed by atoms with Gasteiger partial charge >= 0.3 is 0 Å². The smallest absolute Gasteiger partial charge is 0.227 e. The number of nitrogens with one attached hydrogen (secondary N) is 2. The largest absolute Gasteiger partial charge is 0.375 e. The molecular weight excluding hydrogens is 314 g/mol. The molecule has 25 heavy (non-hydrogen) atoms. The lowest BCUT2D eigenvalue weighted by Crippen LogP contribution is -2.40. The van der Waals surface area contributed by atoms with Gasteiger partial charge in [0.05, 0.1) is 19.1 Å². The fourth-order valence-electron chi connectivity index (χ4n) is 3.64. The minimum atomic E-state index is -0.0421. The number of para-hydroxylation sites is 1. The van der Waals surface area contributed by atoms with E-state index >= 15 is 0 Å². The minimum absolute atomic E-state index is 0.00715. The topological polar surface area (TPSA) is 55.3 Å². The van der Waals surface area contributed by atoms with Crippen LogP contribution < -0.4 is 10.6 Å². The summed E-state index contributed by atoms with van der Waals surface area (Å²) in [7, 11) is 0. The molecule has 0 radical (unpaired) electrons. The number of morpholine rings is 1. The highest BCUT2D eigenvalue weighted by molar-refractivity contribution is 6.09. The Balaban J connectivity index is 1.60. The molecule has 1 aromatic heterocycles. The van der Waals surface area contributed by atoms with Crippen molar-refractivity contribution in [3.63, 3.8) is 0 Å². The van der Waals surface area contributed by atoms with Gasteiger partial charge in [-0.1, -0.05) is 18.2 Å². The van der Waals surface area contributed by atoms with Crippen LogP contribution in [0.25, 0.3) is 21.8 Å². The van der Waals surface area contributed by atoms with Gasteiger partial charge in [0, 0.05) is 47.1 Å². The van der Waals surface area contributed by atoms with Gasteiger partial charge in [-0.25, -0.2) is 0 Å². The number of nitrogens with zero attached hydrogens (tertiary/aromatic N) is 1. The maximum Gasteiger partial charge on any atom is 0.227 e. The lowest BCUT2D eigenvalue weighted by Gasteiger charge is -2.23. The molecule has 0 saturated carbocycles. The molecule has 3 aromatic rings. The van der Waals surface area contributed by atoms with Crippen molar-refractivity contribution in [3.8, 4) is 0 Å². The van der Waals surface area contributed by atoms with E-state index in [4.69, 9.17) is 4.74 Å². The summed E-state index contributed by atoms with van der Waals surface area (Å²) in [4.78, 5) is 12.3. The number of benzene rings is 2. The molecule has 5 heteroatoms. The third-order valence-corrected chi connectivity index (χ3v) is 4.79. The van der Waals surface area contributed by atoms with Crippen molar-refractivity contribution in [2.45, 2.75) is 26.0 Å². The lowest BCUT2D eigenvalue weighted by atomic mass is 10.1. The summed E-state index contributed by atoms with van der Waals surface area (Å²) < 4.78 is 7.91.